The van der Waals surface area contributed by atoms with Gasteiger partial charge in [-0.25, -0.2) is 0 Å². The van der Waals surface area contributed by atoms with Crippen LogP contribution in [0.5, 0.6) is 0 Å². The van der Waals surface area contributed by atoms with Gasteiger partial charge in [0.1, 0.15) is 0 Å². The SMILES string of the molecule is Cl[Si]Cc1ccc(-c2cccc3ccccc23)cc1. The zero-order valence-corrected chi connectivity index (χ0v) is 12.2. The summed E-state index contributed by atoms with van der Waals surface area (Å²) in [7, 11) is 0.455. The molecule has 19 heavy (non-hydrogen) atoms. The molecule has 0 spiro atoms. The lowest BCUT2D eigenvalue weighted by Crippen LogP contribution is -1.89. The Bertz CT molecular complexity index is 684. The number of benzene rings is 3. The van der Waals surface area contributed by atoms with Gasteiger partial charge in [0.15, 0.2) is 8.83 Å². The second kappa shape index (κ2) is 5.60. The van der Waals surface area contributed by atoms with Crippen LogP contribution >= 0.6 is 11.1 Å². The first kappa shape index (κ1) is 12.5. The normalized spacial score (nSPS) is 10.8. The summed E-state index contributed by atoms with van der Waals surface area (Å²) in [5.41, 5.74) is 3.86. The molecular weight excluding hydrogens is 268 g/mol. The van der Waals surface area contributed by atoms with E-state index in [4.69, 9.17) is 11.1 Å². The summed E-state index contributed by atoms with van der Waals surface area (Å²) in [4.78, 5) is 0. The zero-order chi connectivity index (χ0) is 13.1. The molecule has 0 aromatic heterocycles. The van der Waals surface area contributed by atoms with Crippen molar-refractivity contribution in [2.75, 3.05) is 0 Å². The largest absolute Gasteiger partial charge is 0.176 e. The van der Waals surface area contributed by atoms with Crippen LogP contribution in [0.25, 0.3) is 21.9 Å². The fraction of sp³-hybridized carbons (Fsp3) is 0.0588. The molecule has 0 saturated carbocycles. The van der Waals surface area contributed by atoms with Crippen LogP contribution in [-0.2, 0) is 6.04 Å². The van der Waals surface area contributed by atoms with Crippen molar-refractivity contribution in [1.82, 2.24) is 0 Å². The maximum absolute atomic E-state index is 5.80. The molecule has 0 bridgehead atoms. The third-order valence-corrected chi connectivity index (χ3v) is 4.27. The third kappa shape index (κ3) is 2.58. The molecule has 92 valence electrons. The highest BCUT2D eigenvalue weighted by atomic mass is 35.6. The quantitative estimate of drug-likeness (QED) is 0.474. The Morgan fingerprint density at radius 2 is 1.53 bits per heavy atom. The van der Waals surface area contributed by atoms with Crippen molar-refractivity contribution in [3.05, 3.63) is 72.3 Å². The van der Waals surface area contributed by atoms with Crippen LogP contribution in [0.15, 0.2) is 66.7 Å². The Hall–Kier alpha value is -1.57. The van der Waals surface area contributed by atoms with Crippen LogP contribution in [0.4, 0.5) is 0 Å². The fourth-order valence-electron chi connectivity index (χ4n) is 2.36. The Kier molecular flexibility index (Phi) is 3.67. The number of hydrogen-bond donors (Lipinski definition) is 0. The number of rotatable bonds is 3. The molecule has 3 aromatic carbocycles. The summed E-state index contributed by atoms with van der Waals surface area (Å²) >= 11 is 5.80. The predicted octanol–water partition coefficient (Wildman–Crippen LogP) is 4.86. The molecule has 0 unspecified atom stereocenters. The van der Waals surface area contributed by atoms with Gasteiger partial charge in [-0.15, -0.1) is 0 Å². The van der Waals surface area contributed by atoms with Gasteiger partial charge >= 0.3 is 0 Å². The van der Waals surface area contributed by atoms with E-state index in [0.717, 1.165) is 6.04 Å². The fourth-order valence-corrected chi connectivity index (χ4v) is 3.21. The van der Waals surface area contributed by atoms with Crippen molar-refractivity contribution in [2.45, 2.75) is 6.04 Å². The molecule has 0 nitrogen and oxygen atoms in total. The molecule has 0 amide bonds. The maximum Gasteiger partial charge on any atom is 0.176 e. The highest BCUT2D eigenvalue weighted by molar-refractivity contribution is 6.93. The van der Waals surface area contributed by atoms with Gasteiger partial charge in [-0.2, -0.15) is 11.1 Å². The lowest BCUT2D eigenvalue weighted by atomic mass is 9.98. The summed E-state index contributed by atoms with van der Waals surface area (Å²) in [5, 5.41) is 2.59. The van der Waals surface area contributed by atoms with Crippen molar-refractivity contribution in [1.29, 1.82) is 0 Å². The van der Waals surface area contributed by atoms with Crippen molar-refractivity contribution in [2.24, 2.45) is 0 Å². The van der Waals surface area contributed by atoms with Crippen molar-refractivity contribution < 1.29 is 0 Å². The molecule has 0 fully saturated rings. The lowest BCUT2D eigenvalue weighted by Gasteiger charge is -2.07. The molecule has 2 radical (unpaired) electrons. The lowest BCUT2D eigenvalue weighted by molar-refractivity contribution is 1.40. The predicted molar refractivity (Wildman–Crippen MR) is 84.7 cm³/mol. The first-order valence-electron chi connectivity index (χ1n) is 6.29. The molecule has 3 rings (SSSR count). The minimum atomic E-state index is 0.455. The van der Waals surface area contributed by atoms with Crippen molar-refractivity contribution in [3.63, 3.8) is 0 Å². The standard InChI is InChI=1S/C17H13ClSi/c18-19-12-13-8-10-15(11-9-13)17-7-3-5-14-4-1-2-6-16(14)17/h1-11H,12H2. The maximum atomic E-state index is 5.80. The number of hydrogen-bond acceptors (Lipinski definition) is 0. The van der Waals surface area contributed by atoms with E-state index < -0.39 is 0 Å². The molecule has 0 atom stereocenters. The van der Waals surface area contributed by atoms with E-state index in [1.54, 1.807) is 0 Å². The topological polar surface area (TPSA) is 0 Å². The van der Waals surface area contributed by atoms with E-state index in [1.165, 1.54) is 27.5 Å². The highest BCUT2D eigenvalue weighted by Crippen LogP contribution is 2.28. The summed E-state index contributed by atoms with van der Waals surface area (Å²) in [6.07, 6.45) is 0. The summed E-state index contributed by atoms with van der Waals surface area (Å²) in [6, 6.07) is 24.6. The van der Waals surface area contributed by atoms with E-state index in [-0.39, 0.29) is 0 Å². The van der Waals surface area contributed by atoms with Crippen LogP contribution in [0.1, 0.15) is 5.56 Å². The Balaban J connectivity index is 2.08. The van der Waals surface area contributed by atoms with Crippen LogP contribution in [0, 0.1) is 0 Å². The van der Waals surface area contributed by atoms with Crippen LogP contribution in [0.2, 0.25) is 0 Å². The smallest absolute Gasteiger partial charge is 0.171 e. The van der Waals surface area contributed by atoms with Gasteiger partial charge in [-0.05, 0) is 33.5 Å². The molecule has 2 heteroatoms. The van der Waals surface area contributed by atoms with E-state index in [0.29, 0.717) is 8.83 Å². The van der Waals surface area contributed by atoms with E-state index >= 15 is 0 Å². The highest BCUT2D eigenvalue weighted by Gasteiger charge is 2.03. The number of fused-ring (bicyclic) bond motifs is 1. The molecule has 0 heterocycles. The van der Waals surface area contributed by atoms with Gasteiger partial charge < -0.3 is 0 Å². The Labute approximate surface area is 120 Å². The van der Waals surface area contributed by atoms with Crippen molar-refractivity contribution in [3.8, 4) is 11.1 Å². The minimum Gasteiger partial charge on any atom is -0.171 e. The first-order valence-corrected chi connectivity index (χ1v) is 8.51. The molecule has 0 aliphatic heterocycles. The monoisotopic (exact) mass is 280 g/mol. The van der Waals surface area contributed by atoms with Gasteiger partial charge in [-0.3, -0.25) is 0 Å². The third-order valence-electron chi connectivity index (χ3n) is 3.33. The van der Waals surface area contributed by atoms with Gasteiger partial charge in [0, 0.05) is 0 Å². The molecular formula is C17H13ClSi. The second-order valence-electron chi connectivity index (χ2n) is 4.53. The minimum absolute atomic E-state index is 0.455. The van der Waals surface area contributed by atoms with E-state index in [1.807, 2.05) is 0 Å². The average Bonchev–Trinajstić information content (AvgIpc) is 2.48. The average molecular weight is 281 g/mol. The molecule has 0 N–H and O–H groups in total. The summed E-state index contributed by atoms with van der Waals surface area (Å²) in [6.45, 7) is 0. The van der Waals surface area contributed by atoms with E-state index in [9.17, 15) is 0 Å². The summed E-state index contributed by atoms with van der Waals surface area (Å²) in [5.74, 6) is 0. The van der Waals surface area contributed by atoms with Gasteiger partial charge in [0.25, 0.3) is 0 Å². The second-order valence-corrected chi connectivity index (χ2v) is 5.96. The van der Waals surface area contributed by atoms with E-state index in [2.05, 4.69) is 66.7 Å². The Morgan fingerprint density at radius 3 is 2.32 bits per heavy atom. The molecule has 3 aromatic rings. The van der Waals surface area contributed by atoms with Gasteiger partial charge in [-0.1, -0.05) is 66.7 Å². The van der Waals surface area contributed by atoms with Gasteiger partial charge in [0.2, 0.25) is 0 Å². The molecule has 0 aliphatic carbocycles. The van der Waals surface area contributed by atoms with Crippen molar-refractivity contribution >= 4 is 30.7 Å². The Morgan fingerprint density at radius 1 is 0.789 bits per heavy atom. The van der Waals surface area contributed by atoms with Crippen LogP contribution < -0.4 is 0 Å². The molecule has 0 saturated heterocycles. The van der Waals surface area contributed by atoms with Gasteiger partial charge in [0.05, 0.1) is 0 Å². The summed E-state index contributed by atoms with van der Waals surface area (Å²) < 4.78 is 0. The molecule has 0 aliphatic rings. The first-order chi connectivity index (χ1) is 9.38. The zero-order valence-electron chi connectivity index (χ0n) is 10.4. The van der Waals surface area contributed by atoms with Crippen LogP contribution in [-0.4, -0.2) is 8.83 Å². The van der Waals surface area contributed by atoms with Crippen LogP contribution in [0.3, 0.4) is 0 Å². The number of halogens is 1.